The molecule has 28 heavy (non-hydrogen) atoms. The molecule has 3 rings (SSSR count). The quantitative estimate of drug-likeness (QED) is 0.258. The summed E-state index contributed by atoms with van der Waals surface area (Å²) in [4.78, 5) is 2.11. The predicted octanol–water partition coefficient (Wildman–Crippen LogP) is 7.00. The minimum atomic E-state index is 0.771. The second-order valence-corrected chi connectivity index (χ2v) is 9.52. The third kappa shape index (κ3) is 4.61. The van der Waals surface area contributed by atoms with Gasteiger partial charge in [-0.2, -0.15) is 0 Å². The van der Waals surface area contributed by atoms with E-state index in [9.17, 15) is 0 Å². The van der Waals surface area contributed by atoms with Crippen molar-refractivity contribution < 1.29 is 14.2 Å². The lowest BCUT2D eigenvalue weighted by Gasteiger charge is -2.29. The lowest BCUT2D eigenvalue weighted by Crippen LogP contribution is -2.14. The minimum Gasteiger partial charge on any atom is -0.495 e. The van der Waals surface area contributed by atoms with E-state index in [2.05, 4.69) is 109 Å². The van der Waals surface area contributed by atoms with Crippen LogP contribution < -0.4 is 19.1 Å². The molecule has 0 amide bonds. The molecule has 0 N–H and O–H groups in total. The first-order valence-electron chi connectivity index (χ1n) is 8.29. The van der Waals surface area contributed by atoms with Crippen LogP contribution in [0.3, 0.4) is 0 Å². The van der Waals surface area contributed by atoms with Gasteiger partial charge < -0.3 is 14.2 Å². The maximum absolute atomic E-state index is 5.71. The van der Waals surface area contributed by atoms with Gasteiger partial charge in [0.2, 0.25) is 0 Å². The maximum atomic E-state index is 5.71. The molecule has 0 fully saturated rings. The van der Waals surface area contributed by atoms with Crippen molar-refractivity contribution in [2.75, 3.05) is 26.2 Å². The summed E-state index contributed by atoms with van der Waals surface area (Å²) in [7, 11) is 5.05. The molecule has 3 aromatic rings. The molecular formula is C21H18I3NO3. The summed E-state index contributed by atoms with van der Waals surface area (Å²) in [5, 5.41) is 0. The maximum Gasteiger partial charge on any atom is 0.143 e. The Bertz CT molecular complexity index is 867. The number of methoxy groups -OCH3 is 3. The number of hydrogen-bond acceptors (Lipinski definition) is 4. The van der Waals surface area contributed by atoms with Crippen LogP contribution in [0.25, 0.3) is 0 Å². The summed E-state index contributed by atoms with van der Waals surface area (Å²) in [6, 6.07) is 18.4. The van der Waals surface area contributed by atoms with Crippen molar-refractivity contribution in [1.29, 1.82) is 0 Å². The van der Waals surface area contributed by atoms with E-state index in [0.717, 1.165) is 45.0 Å². The van der Waals surface area contributed by atoms with Crippen LogP contribution in [0, 0.1) is 10.7 Å². The van der Waals surface area contributed by atoms with Gasteiger partial charge in [-0.25, -0.2) is 0 Å². The molecule has 146 valence electrons. The predicted molar refractivity (Wildman–Crippen MR) is 139 cm³/mol. The summed E-state index contributed by atoms with van der Waals surface area (Å²) in [6.45, 7) is 0. The van der Waals surface area contributed by atoms with Crippen LogP contribution in [0.2, 0.25) is 0 Å². The molecule has 4 nitrogen and oxygen atoms in total. The largest absolute Gasteiger partial charge is 0.495 e. The Hall–Kier alpha value is -0.950. The molecule has 0 unspecified atom stereocenters. The van der Waals surface area contributed by atoms with Gasteiger partial charge in [0.05, 0.1) is 38.4 Å². The summed E-state index contributed by atoms with van der Waals surface area (Å²) >= 11 is 6.86. The minimum absolute atomic E-state index is 0.771. The van der Waals surface area contributed by atoms with Crippen LogP contribution in [0.5, 0.6) is 17.2 Å². The Labute approximate surface area is 206 Å². The number of nitrogens with zero attached hydrogens (tertiary/aromatic N) is 1. The van der Waals surface area contributed by atoms with Gasteiger partial charge in [0.1, 0.15) is 17.2 Å². The van der Waals surface area contributed by atoms with Gasteiger partial charge in [-0.1, -0.05) is 0 Å². The molecule has 0 aliphatic heterocycles. The van der Waals surface area contributed by atoms with E-state index in [4.69, 9.17) is 14.2 Å². The van der Waals surface area contributed by atoms with E-state index in [1.165, 1.54) is 0 Å². The average molecular weight is 713 g/mol. The molecule has 0 atom stereocenters. The second kappa shape index (κ2) is 9.70. The topological polar surface area (TPSA) is 30.9 Å². The lowest BCUT2D eigenvalue weighted by atomic mass is 10.1. The molecule has 0 aliphatic carbocycles. The van der Waals surface area contributed by atoms with Crippen LogP contribution in [-0.4, -0.2) is 21.3 Å². The number of ether oxygens (including phenoxy) is 3. The molecule has 0 aliphatic rings. The van der Waals surface area contributed by atoms with Gasteiger partial charge in [-0.05, 0) is 122 Å². The Morgan fingerprint density at radius 3 is 1.07 bits per heavy atom. The van der Waals surface area contributed by atoms with E-state index in [0.29, 0.717) is 0 Å². The number of benzene rings is 3. The number of anilines is 3. The zero-order valence-electron chi connectivity index (χ0n) is 15.5. The Morgan fingerprint density at radius 1 is 0.536 bits per heavy atom. The van der Waals surface area contributed by atoms with E-state index in [1.54, 1.807) is 21.3 Å². The van der Waals surface area contributed by atoms with Crippen molar-refractivity contribution >= 4 is 84.8 Å². The van der Waals surface area contributed by atoms with Crippen LogP contribution in [0.1, 0.15) is 0 Å². The fourth-order valence-corrected chi connectivity index (χ4v) is 4.29. The second-order valence-electron chi connectivity index (χ2n) is 5.78. The van der Waals surface area contributed by atoms with Crippen molar-refractivity contribution in [3.63, 3.8) is 0 Å². The third-order valence-corrected chi connectivity index (χ3v) is 6.16. The van der Waals surface area contributed by atoms with Crippen LogP contribution >= 0.6 is 67.8 Å². The highest BCUT2D eigenvalue weighted by Gasteiger charge is 2.23. The van der Waals surface area contributed by atoms with Crippen molar-refractivity contribution in [1.82, 2.24) is 0 Å². The van der Waals surface area contributed by atoms with Crippen molar-refractivity contribution in [2.24, 2.45) is 0 Å². The summed E-state index contributed by atoms with van der Waals surface area (Å²) in [6.07, 6.45) is 0. The zero-order chi connectivity index (χ0) is 20.3. The van der Waals surface area contributed by atoms with Crippen molar-refractivity contribution in [3.05, 3.63) is 65.3 Å². The molecule has 0 heterocycles. The Kier molecular flexibility index (Phi) is 7.54. The number of rotatable bonds is 6. The van der Waals surface area contributed by atoms with Gasteiger partial charge in [-0.15, -0.1) is 0 Å². The van der Waals surface area contributed by atoms with Crippen LogP contribution in [0.15, 0.2) is 54.6 Å². The fourth-order valence-electron chi connectivity index (χ4n) is 2.90. The van der Waals surface area contributed by atoms with Crippen molar-refractivity contribution in [2.45, 2.75) is 0 Å². The van der Waals surface area contributed by atoms with Gasteiger partial charge in [0.25, 0.3) is 0 Å². The van der Waals surface area contributed by atoms with Gasteiger partial charge >= 0.3 is 0 Å². The number of halogens is 3. The molecule has 3 aromatic carbocycles. The first-order valence-corrected chi connectivity index (χ1v) is 11.5. The Morgan fingerprint density at radius 2 is 0.821 bits per heavy atom. The Balaban J connectivity index is 2.33. The molecule has 0 radical (unpaired) electrons. The average Bonchev–Trinajstić information content (AvgIpc) is 2.70. The van der Waals surface area contributed by atoms with E-state index < -0.39 is 0 Å². The highest BCUT2D eigenvalue weighted by Crippen LogP contribution is 2.47. The van der Waals surface area contributed by atoms with E-state index >= 15 is 0 Å². The highest BCUT2D eigenvalue weighted by atomic mass is 127. The van der Waals surface area contributed by atoms with Crippen LogP contribution in [-0.2, 0) is 0 Å². The van der Waals surface area contributed by atoms with Gasteiger partial charge in [0.15, 0.2) is 0 Å². The standard InChI is InChI=1S/C21H18I3NO3/c1-26-19-10-13(22)4-7-16(19)25(17-8-5-14(23)11-20(17)27-2)18-9-6-15(24)12-21(18)28-3/h4-12H,1-3H3. The molecule has 7 heteroatoms. The van der Waals surface area contributed by atoms with Gasteiger partial charge in [-0.3, -0.25) is 4.90 Å². The third-order valence-electron chi connectivity index (χ3n) is 4.15. The first-order chi connectivity index (χ1) is 13.5. The summed E-state index contributed by atoms with van der Waals surface area (Å²) in [5.41, 5.74) is 2.71. The SMILES string of the molecule is COc1cc(I)ccc1N(c1ccc(I)cc1OC)c1ccc(I)cc1OC. The smallest absolute Gasteiger partial charge is 0.143 e. The van der Waals surface area contributed by atoms with E-state index in [-0.39, 0.29) is 0 Å². The summed E-state index contributed by atoms with van der Waals surface area (Å²) < 4.78 is 20.4. The first kappa shape index (κ1) is 21.8. The lowest BCUT2D eigenvalue weighted by molar-refractivity contribution is 0.409. The monoisotopic (exact) mass is 713 g/mol. The molecule has 0 saturated carbocycles. The molecule has 0 spiro atoms. The normalized spacial score (nSPS) is 10.5. The van der Waals surface area contributed by atoms with E-state index in [1.807, 2.05) is 18.2 Å². The fraction of sp³-hybridized carbons (Fsp3) is 0.143. The highest BCUT2D eigenvalue weighted by molar-refractivity contribution is 14.1. The van der Waals surface area contributed by atoms with Crippen molar-refractivity contribution in [3.8, 4) is 17.2 Å². The van der Waals surface area contributed by atoms with Gasteiger partial charge in [0, 0.05) is 10.7 Å². The zero-order valence-corrected chi connectivity index (χ0v) is 22.0. The molecule has 0 saturated heterocycles. The summed E-state index contributed by atoms with van der Waals surface area (Å²) in [5.74, 6) is 2.31. The molecular weight excluding hydrogens is 695 g/mol. The van der Waals surface area contributed by atoms with Crippen LogP contribution in [0.4, 0.5) is 17.1 Å². The molecule has 0 aromatic heterocycles. The molecule has 0 bridgehead atoms. The number of hydrogen-bond donors (Lipinski definition) is 0.